The summed E-state index contributed by atoms with van der Waals surface area (Å²) in [5, 5.41) is 21.9. The van der Waals surface area contributed by atoms with Crippen molar-refractivity contribution < 1.29 is 9.90 Å². The minimum Gasteiger partial charge on any atom is -0.504 e. The molecule has 3 N–H and O–H groups in total. The van der Waals surface area contributed by atoms with Crippen LogP contribution in [-0.4, -0.2) is 43.8 Å². The number of carbonyl (C=O) groups is 1. The minimum atomic E-state index is -0.719. The second-order valence-corrected chi connectivity index (χ2v) is 10.5. The van der Waals surface area contributed by atoms with Gasteiger partial charge in [0.15, 0.2) is 11.4 Å². The van der Waals surface area contributed by atoms with E-state index in [-0.39, 0.29) is 34.2 Å². The fourth-order valence-corrected chi connectivity index (χ4v) is 5.05. The number of amides is 1. The molecule has 0 unspecified atom stereocenters. The second kappa shape index (κ2) is 9.57. The zero-order valence-electron chi connectivity index (χ0n) is 21.1. The summed E-state index contributed by atoms with van der Waals surface area (Å²) >= 11 is 6.49. The van der Waals surface area contributed by atoms with E-state index in [0.29, 0.717) is 10.7 Å². The van der Waals surface area contributed by atoms with Gasteiger partial charge in [0.25, 0.3) is 16.8 Å². The van der Waals surface area contributed by atoms with Gasteiger partial charge in [-0.05, 0) is 38.2 Å². The summed E-state index contributed by atoms with van der Waals surface area (Å²) in [6.45, 7) is 5.81. The smallest absolute Gasteiger partial charge is 0.276 e. The molecule has 1 saturated carbocycles. The van der Waals surface area contributed by atoms with Gasteiger partial charge in [0.1, 0.15) is 17.1 Å². The number of hydrogen-bond acceptors (Lipinski definition) is 8. The molecular formula is C25H31ClN6O4. The Morgan fingerprint density at radius 1 is 1.22 bits per heavy atom. The maximum atomic E-state index is 12.7. The molecule has 1 aliphatic rings. The highest BCUT2D eigenvalue weighted by Gasteiger charge is 2.42. The van der Waals surface area contributed by atoms with Crippen molar-refractivity contribution in [1.82, 2.24) is 19.7 Å². The summed E-state index contributed by atoms with van der Waals surface area (Å²) in [4.78, 5) is 43.4. The molecule has 3 aromatic rings. The number of hydrogen-bond donors (Lipinski definition) is 3. The normalized spacial score (nSPS) is 15.9. The number of aryl methyl sites for hydroxylation is 1. The third kappa shape index (κ3) is 4.45. The Hall–Kier alpha value is -3.40. The number of halogens is 1. The van der Waals surface area contributed by atoms with E-state index in [9.17, 15) is 19.5 Å². The van der Waals surface area contributed by atoms with Gasteiger partial charge in [-0.2, -0.15) is 5.10 Å². The third-order valence-corrected chi connectivity index (χ3v) is 7.50. The maximum absolute atomic E-state index is 12.7. The van der Waals surface area contributed by atoms with Gasteiger partial charge in [-0.15, -0.1) is 0 Å². The number of rotatable bonds is 8. The molecule has 11 heteroatoms. The highest BCUT2D eigenvalue weighted by Crippen LogP contribution is 2.49. The summed E-state index contributed by atoms with van der Waals surface area (Å²) in [6.07, 6.45) is 6.97. The van der Waals surface area contributed by atoms with Crippen LogP contribution < -0.4 is 21.5 Å². The lowest BCUT2D eigenvalue weighted by molar-refractivity contribution is 0.0746. The number of anilines is 3. The van der Waals surface area contributed by atoms with E-state index in [1.165, 1.54) is 17.2 Å². The summed E-state index contributed by atoms with van der Waals surface area (Å²) in [5.74, 6) is -0.866. The summed E-state index contributed by atoms with van der Waals surface area (Å²) in [6, 6.07) is 0.931. The van der Waals surface area contributed by atoms with Crippen LogP contribution >= 0.6 is 11.6 Å². The van der Waals surface area contributed by atoms with Crippen LogP contribution in [0.15, 0.2) is 28.0 Å². The van der Waals surface area contributed by atoms with Crippen LogP contribution in [0.4, 0.5) is 17.1 Å². The molecule has 1 aliphatic carbocycles. The summed E-state index contributed by atoms with van der Waals surface area (Å²) in [7, 11) is 3.38. The molecule has 192 valence electrons. The number of pyridine rings is 1. The Bertz CT molecular complexity index is 1370. The number of aromatic nitrogens is 3. The van der Waals surface area contributed by atoms with Crippen LogP contribution in [-0.2, 0) is 7.05 Å². The Balaban J connectivity index is 1.68. The number of nitrogens with zero attached hydrogens (tertiary/aromatic N) is 4. The molecule has 1 fully saturated rings. The predicted molar refractivity (Wildman–Crippen MR) is 139 cm³/mol. The van der Waals surface area contributed by atoms with Crippen LogP contribution in [0.3, 0.4) is 0 Å². The SMILES string of the molecule is CC(C)N(C)C(=O)c1nccc(Nc2c(N[C@@H](c3nn(C)cc3Cl)C3(C)CCCC3)c(=O)c2=O)c1O. The molecule has 36 heavy (non-hydrogen) atoms. The van der Waals surface area contributed by atoms with Crippen LogP contribution in [0.2, 0.25) is 5.02 Å². The molecule has 2 heterocycles. The van der Waals surface area contributed by atoms with Crippen molar-refractivity contribution in [2.75, 3.05) is 17.7 Å². The van der Waals surface area contributed by atoms with Crippen molar-refractivity contribution in [3.8, 4) is 5.75 Å². The van der Waals surface area contributed by atoms with Crippen LogP contribution in [0.5, 0.6) is 5.75 Å². The van der Waals surface area contributed by atoms with E-state index < -0.39 is 28.6 Å². The molecule has 2 aromatic heterocycles. The molecule has 0 saturated heterocycles. The van der Waals surface area contributed by atoms with Crippen molar-refractivity contribution in [1.29, 1.82) is 0 Å². The first-order valence-corrected chi connectivity index (χ1v) is 12.3. The van der Waals surface area contributed by atoms with Gasteiger partial charge < -0.3 is 20.6 Å². The van der Waals surface area contributed by atoms with Crippen molar-refractivity contribution in [3.05, 3.63) is 55.3 Å². The quantitative estimate of drug-likeness (QED) is 0.388. The topological polar surface area (TPSA) is 129 Å². The van der Waals surface area contributed by atoms with Crippen LogP contribution in [0.1, 0.15) is 68.7 Å². The Kier molecular flexibility index (Phi) is 6.83. The largest absolute Gasteiger partial charge is 0.504 e. The van der Waals surface area contributed by atoms with Crippen molar-refractivity contribution in [2.24, 2.45) is 12.5 Å². The fraction of sp³-hybridized carbons (Fsp3) is 0.480. The van der Waals surface area contributed by atoms with Crippen molar-refractivity contribution in [2.45, 2.75) is 58.5 Å². The molecule has 1 amide bonds. The average molecular weight is 515 g/mol. The van der Waals surface area contributed by atoms with Crippen molar-refractivity contribution in [3.63, 3.8) is 0 Å². The lowest BCUT2D eigenvalue weighted by Crippen LogP contribution is -2.40. The van der Waals surface area contributed by atoms with Gasteiger partial charge in [0, 0.05) is 32.5 Å². The first-order chi connectivity index (χ1) is 16.9. The van der Waals surface area contributed by atoms with E-state index in [2.05, 4.69) is 27.6 Å². The molecule has 0 spiro atoms. The highest BCUT2D eigenvalue weighted by molar-refractivity contribution is 6.31. The van der Waals surface area contributed by atoms with E-state index >= 15 is 0 Å². The number of nitrogens with one attached hydrogen (secondary N) is 2. The first-order valence-electron chi connectivity index (χ1n) is 12.0. The fourth-order valence-electron chi connectivity index (χ4n) is 4.76. The molecule has 1 aromatic carbocycles. The monoisotopic (exact) mass is 514 g/mol. The number of aromatic hydroxyl groups is 1. The van der Waals surface area contributed by atoms with Gasteiger partial charge in [-0.25, -0.2) is 4.98 Å². The van der Waals surface area contributed by atoms with Gasteiger partial charge >= 0.3 is 0 Å². The zero-order chi connectivity index (χ0) is 26.4. The predicted octanol–water partition coefficient (Wildman–Crippen LogP) is 3.73. The Labute approximate surface area is 214 Å². The van der Waals surface area contributed by atoms with Gasteiger partial charge in [0.2, 0.25) is 0 Å². The molecule has 1 atom stereocenters. The van der Waals surface area contributed by atoms with Gasteiger partial charge in [0.05, 0.1) is 16.8 Å². The second-order valence-electron chi connectivity index (χ2n) is 10.1. The molecule has 4 rings (SSSR count). The summed E-state index contributed by atoms with van der Waals surface area (Å²) in [5.41, 5.74) is -0.947. The number of carbonyl (C=O) groups excluding carboxylic acids is 1. The standard InChI is InChI=1S/C25H31ClN6O4/c1-13(2)32(5)24(36)19-20(33)15(8-11-27-19)28-17-18(22(35)21(17)34)29-23(25(3)9-6-7-10-25)16-14(26)12-31(4)30-16/h8,11-13,23,29,33H,6-7,9-10H2,1-5H3,(H,27,28)/t23-/m0/s1. The molecule has 0 aliphatic heterocycles. The van der Waals surface area contributed by atoms with Crippen LogP contribution in [0, 0.1) is 5.41 Å². The van der Waals surface area contributed by atoms with E-state index in [1.54, 1.807) is 25.0 Å². The lowest BCUT2D eigenvalue weighted by Gasteiger charge is -2.35. The Morgan fingerprint density at radius 3 is 2.44 bits per heavy atom. The van der Waals surface area contributed by atoms with E-state index in [4.69, 9.17) is 11.6 Å². The van der Waals surface area contributed by atoms with Crippen molar-refractivity contribution >= 4 is 34.6 Å². The van der Waals surface area contributed by atoms with E-state index in [1.807, 2.05) is 13.8 Å². The highest BCUT2D eigenvalue weighted by atomic mass is 35.5. The molecule has 0 radical (unpaired) electrons. The molecule has 10 nitrogen and oxygen atoms in total. The zero-order valence-corrected chi connectivity index (χ0v) is 21.8. The molecule has 0 bridgehead atoms. The summed E-state index contributed by atoms with van der Waals surface area (Å²) < 4.78 is 1.62. The Morgan fingerprint density at radius 2 is 1.86 bits per heavy atom. The lowest BCUT2D eigenvalue weighted by atomic mass is 9.78. The first kappa shape index (κ1) is 25.7. The van der Waals surface area contributed by atoms with Gasteiger partial charge in [-0.1, -0.05) is 31.4 Å². The third-order valence-electron chi connectivity index (χ3n) is 7.21. The van der Waals surface area contributed by atoms with Gasteiger partial charge in [-0.3, -0.25) is 19.1 Å². The molecular weight excluding hydrogens is 484 g/mol. The minimum absolute atomic E-state index is 0.00997. The maximum Gasteiger partial charge on any atom is 0.276 e. The average Bonchev–Trinajstić information content (AvgIpc) is 3.42. The van der Waals surface area contributed by atoms with Crippen LogP contribution in [0.25, 0.3) is 0 Å². The van der Waals surface area contributed by atoms with E-state index in [0.717, 1.165) is 25.7 Å².